The molecule has 0 amide bonds. The number of H-pyrrole nitrogens is 1. The van der Waals surface area contributed by atoms with Crippen LogP contribution in [0.2, 0.25) is 0 Å². The summed E-state index contributed by atoms with van der Waals surface area (Å²) in [5, 5.41) is 15.5. The highest BCUT2D eigenvalue weighted by Gasteiger charge is 2.11. The zero-order valence-corrected chi connectivity index (χ0v) is 10.5. The number of carboxylic acid groups (broad SMARTS) is 1. The number of aromatic nitrogens is 2. The van der Waals surface area contributed by atoms with Crippen LogP contribution >= 0.6 is 0 Å². The molecular formula is C14H16N2O2. The van der Waals surface area contributed by atoms with Crippen molar-refractivity contribution >= 4 is 5.97 Å². The van der Waals surface area contributed by atoms with Gasteiger partial charge in [-0.1, -0.05) is 38.1 Å². The summed E-state index contributed by atoms with van der Waals surface area (Å²) in [6, 6.07) is 8.15. The number of aliphatic carboxylic acids is 1. The minimum Gasteiger partial charge on any atom is -0.481 e. The molecule has 0 saturated carbocycles. The standard InChI is InChI=1S/C14H16N2O2/c1-9(2)10-3-5-11(6-4-10)12-8-15-16-13(12)7-14(17)18/h3-6,8-9H,7H2,1-2H3,(H,15,16)(H,17,18). The fourth-order valence-corrected chi connectivity index (χ4v) is 1.90. The van der Waals surface area contributed by atoms with Crippen LogP contribution in [0.4, 0.5) is 0 Å². The summed E-state index contributed by atoms with van der Waals surface area (Å²) in [5.74, 6) is -0.374. The molecular weight excluding hydrogens is 228 g/mol. The van der Waals surface area contributed by atoms with Gasteiger partial charge in [-0.3, -0.25) is 9.89 Å². The molecule has 0 atom stereocenters. The minimum absolute atomic E-state index is 0.0404. The van der Waals surface area contributed by atoms with Crippen molar-refractivity contribution in [1.82, 2.24) is 10.2 Å². The Balaban J connectivity index is 2.31. The van der Waals surface area contributed by atoms with Crippen LogP contribution in [0.5, 0.6) is 0 Å². The Bertz CT molecular complexity index is 541. The van der Waals surface area contributed by atoms with E-state index in [1.165, 1.54) is 5.56 Å². The first-order chi connectivity index (χ1) is 8.58. The van der Waals surface area contributed by atoms with Crippen molar-refractivity contribution in [2.75, 3.05) is 0 Å². The average Bonchev–Trinajstić information content (AvgIpc) is 2.76. The van der Waals surface area contributed by atoms with Crippen molar-refractivity contribution in [3.8, 4) is 11.1 Å². The molecule has 1 aromatic heterocycles. The number of carboxylic acids is 1. The van der Waals surface area contributed by atoms with Crippen LogP contribution < -0.4 is 0 Å². The van der Waals surface area contributed by atoms with E-state index in [0.717, 1.165) is 11.1 Å². The molecule has 2 aromatic rings. The smallest absolute Gasteiger partial charge is 0.309 e. The molecule has 0 aliphatic carbocycles. The molecule has 1 heterocycles. The van der Waals surface area contributed by atoms with E-state index in [1.807, 2.05) is 12.1 Å². The third kappa shape index (κ3) is 2.59. The van der Waals surface area contributed by atoms with Crippen molar-refractivity contribution < 1.29 is 9.90 Å². The summed E-state index contributed by atoms with van der Waals surface area (Å²) in [5.41, 5.74) is 3.75. The summed E-state index contributed by atoms with van der Waals surface area (Å²) < 4.78 is 0. The van der Waals surface area contributed by atoms with Crippen LogP contribution in [0, 0.1) is 0 Å². The molecule has 0 spiro atoms. The Hall–Kier alpha value is -2.10. The van der Waals surface area contributed by atoms with Gasteiger partial charge in [-0.15, -0.1) is 0 Å². The monoisotopic (exact) mass is 244 g/mol. The molecule has 0 aliphatic rings. The quantitative estimate of drug-likeness (QED) is 0.869. The van der Waals surface area contributed by atoms with Crippen molar-refractivity contribution in [1.29, 1.82) is 0 Å². The molecule has 0 aliphatic heterocycles. The molecule has 1 aromatic carbocycles. The lowest BCUT2D eigenvalue weighted by molar-refractivity contribution is -0.136. The van der Waals surface area contributed by atoms with E-state index >= 15 is 0 Å². The van der Waals surface area contributed by atoms with Gasteiger partial charge < -0.3 is 5.11 Å². The second kappa shape index (κ2) is 5.04. The largest absolute Gasteiger partial charge is 0.481 e. The number of benzene rings is 1. The average molecular weight is 244 g/mol. The van der Waals surface area contributed by atoms with Crippen LogP contribution in [0.25, 0.3) is 11.1 Å². The van der Waals surface area contributed by atoms with E-state index < -0.39 is 5.97 Å². The van der Waals surface area contributed by atoms with Gasteiger partial charge in [0.25, 0.3) is 0 Å². The van der Waals surface area contributed by atoms with Crippen molar-refractivity contribution in [2.45, 2.75) is 26.2 Å². The van der Waals surface area contributed by atoms with E-state index in [4.69, 9.17) is 5.11 Å². The van der Waals surface area contributed by atoms with E-state index in [2.05, 4.69) is 36.2 Å². The van der Waals surface area contributed by atoms with Gasteiger partial charge in [0.1, 0.15) is 0 Å². The molecule has 94 valence electrons. The summed E-state index contributed by atoms with van der Waals surface area (Å²) >= 11 is 0. The number of hydrogen-bond acceptors (Lipinski definition) is 2. The van der Waals surface area contributed by atoms with Crippen LogP contribution in [0.3, 0.4) is 0 Å². The maximum Gasteiger partial charge on any atom is 0.309 e. The van der Waals surface area contributed by atoms with Crippen LogP contribution in [-0.4, -0.2) is 21.3 Å². The molecule has 4 nitrogen and oxygen atoms in total. The van der Waals surface area contributed by atoms with Crippen molar-refractivity contribution in [3.63, 3.8) is 0 Å². The molecule has 0 radical (unpaired) electrons. The number of carbonyl (C=O) groups is 1. The lowest BCUT2D eigenvalue weighted by atomic mass is 9.98. The van der Waals surface area contributed by atoms with Crippen molar-refractivity contribution in [3.05, 3.63) is 41.7 Å². The molecule has 18 heavy (non-hydrogen) atoms. The third-order valence-electron chi connectivity index (χ3n) is 2.93. The van der Waals surface area contributed by atoms with Crippen LogP contribution in [0.15, 0.2) is 30.5 Å². The Labute approximate surface area is 106 Å². The fourth-order valence-electron chi connectivity index (χ4n) is 1.90. The summed E-state index contributed by atoms with van der Waals surface area (Å²) in [6.07, 6.45) is 1.63. The minimum atomic E-state index is -0.862. The summed E-state index contributed by atoms with van der Waals surface area (Å²) in [7, 11) is 0. The Kier molecular flexibility index (Phi) is 3.46. The Morgan fingerprint density at radius 3 is 2.56 bits per heavy atom. The van der Waals surface area contributed by atoms with Gasteiger partial charge in [-0.2, -0.15) is 5.10 Å². The lowest BCUT2D eigenvalue weighted by Crippen LogP contribution is -2.01. The molecule has 2 rings (SSSR count). The second-order valence-corrected chi connectivity index (χ2v) is 4.61. The third-order valence-corrected chi connectivity index (χ3v) is 2.93. The first kappa shape index (κ1) is 12.4. The molecule has 0 saturated heterocycles. The van der Waals surface area contributed by atoms with Gasteiger partial charge in [-0.05, 0) is 17.0 Å². The highest BCUT2D eigenvalue weighted by molar-refractivity contribution is 5.75. The van der Waals surface area contributed by atoms with Gasteiger partial charge in [0.15, 0.2) is 0 Å². The van der Waals surface area contributed by atoms with Crippen LogP contribution in [0.1, 0.15) is 31.0 Å². The SMILES string of the molecule is CC(C)c1ccc(-c2cn[nH]c2CC(=O)O)cc1. The Morgan fingerprint density at radius 2 is 2.00 bits per heavy atom. The molecule has 0 unspecified atom stereocenters. The van der Waals surface area contributed by atoms with Gasteiger partial charge in [-0.25, -0.2) is 0 Å². The topological polar surface area (TPSA) is 66.0 Å². The lowest BCUT2D eigenvalue weighted by Gasteiger charge is -2.06. The molecule has 0 bridgehead atoms. The first-order valence-electron chi connectivity index (χ1n) is 5.92. The number of aromatic amines is 1. The predicted octanol–water partition coefficient (Wildman–Crippen LogP) is 2.83. The van der Waals surface area contributed by atoms with Crippen LogP contribution in [-0.2, 0) is 11.2 Å². The molecule has 4 heteroatoms. The second-order valence-electron chi connectivity index (χ2n) is 4.61. The maximum absolute atomic E-state index is 10.7. The predicted molar refractivity (Wildman–Crippen MR) is 69.5 cm³/mol. The number of nitrogens with one attached hydrogen (secondary N) is 1. The molecule has 2 N–H and O–H groups in total. The number of nitrogens with zero attached hydrogens (tertiary/aromatic N) is 1. The van der Waals surface area contributed by atoms with Gasteiger partial charge >= 0.3 is 5.97 Å². The first-order valence-corrected chi connectivity index (χ1v) is 5.92. The summed E-state index contributed by atoms with van der Waals surface area (Å²) in [6.45, 7) is 4.28. The maximum atomic E-state index is 10.7. The zero-order chi connectivity index (χ0) is 13.1. The van der Waals surface area contributed by atoms with E-state index in [-0.39, 0.29) is 6.42 Å². The Morgan fingerprint density at radius 1 is 1.33 bits per heavy atom. The fraction of sp³-hybridized carbons (Fsp3) is 0.286. The van der Waals surface area contributed by atoms with Gasteiger partial charge in [0.2, 0.25) is 0 Å². The summed E-state index contributed by atoms with van der Waals surface area (Å²) in [4.78, 5) is 10.7. The highest BCUT2D eigenvalue weighted by atomic mass is 16.4. The van der Waals surface area contributed by atoms with Crippen molar-refractivity contribution in [2.24, 2.45) is 0 Å². The molecule has 0 fully saturated rings. The number of rotatable bonds is 4. The van der Waals surface area contributed by atoms with E-state index in [1.54, 1.807) is 6.20 Å². The number of hydrogen-bond donors (Lipinski definition) is 2. The van der Waals surface area contributed by atoms with Gasteiger partial charge in [0, 0.05) is 5.56 Å². The zero-order valence-electron chi connectivity index (χ0n) is 10.5. The normalized spacial score (nSPS) is 10.8. The van der Waals surface area contributed by atoms with E-state index in [0.29, 0.717) is 11.6 Å². The highest BCUT2D eigenvalue weighted by Crippen LogP contribution is 2.24. The van der Waals surface area contributed by atoms with Gasteiger partial charge in [0.05, 0.1) is 18.3 Å². The van der Waals surface area contributed by atoms with E-state index in [9.17, 15) is 4.79 Å².